The number of ether oxygens (including phenoxy) is 4. The number of fused-ring (bicyclic) bond motifs is 3. The third kappa shape index (κ3) is 8.56. The maximum absolute atomic E-state index is 14.8. The van der Waals surface area contributed by atoms with E-state index in [1.165, 1.54) is 20.2 Å². The molecule has 4 amide bonds. The van der Waals surface area contributed by atoms with Crippen molar-refractivity contribution in [3.8, 4) is 11.6 Å². The van der Waals surface area contributed by atoms with Gasteiger partial charge < -0.3 is 34.5 Å². The van der Waals surface area contributed by atoms with Gasteiger partial charge in [0.2, 0.25) is 33.3 Å². The number of aromatic nitrogens is 1. The van der Waals surface area contributed by atoms with Crippen molar-refractivity contribution in [3.05, 3.63) is 42.6 Å². The van der Waals surface area contributed by atoms with Gasteiger partial charge in [-0.25, -0.2) is 18.2 Å². The fourth-order valence-corrected chi connectivity index (χ4v) is 8.62. The quantitative estimate of drug-likeness (QED) is 0.303. The Morgan fingerprint density at radius 3 is 2.47 bits per heavy atom. The summed E-state index contributed by atoms with van der Waals surface area (Å²) in [5.41, 5.74) is -4.60. The van der Waals surface area contributed by atoms with Crippen LogP contribution >= 0.6 is 0 Å². The molecule has 2 aliphatic heterocycles. The number of alkyl carbamates (subject to hydrolysis) is 1. The van der Waals surface area contributed by atoms with E-state index in [2.05, 4.69) is 20.3 Å². The van der Waals surface area contributed by atoms with Crippen molar-refractivity contribution in [2.45, 2.75) is 132 Å². The zero-order valence-corrected chi connectivity index (χ0v) is 34.0. The molecule has 58 heavy (non-hydrogen) atoms. The van der Waals surface area contributed by atoms with Gasteiger partial charge in [-0.3, -0.25) is 19.1 Å². The number of nitrogens with one attached hydrogen (secondary N) is 3. The molecular weight excluding hydrogens is 788 g/mol. The fraction of sp³-hybridized carbons (Fsp3) is 0.615. The first kappa shape index (κ1) is 42.9. The van der Waals surface area contributed by atoms with Gasteiger partial charge in [-0.1, -0.05) is 37.3 Å². The Morgan fingerprint density at radius 2 is 1.83 bits per heavy atom. The Morgan fingerprint density at radius 1 is 1.14 bits per heavy atom. The molecule has 7 unspecified atom stereocenters. The molecule has 1 saturated heterocycles. The van der Waals surface area contributed by atoms with Crippen molar-refractivity contribution in [3.63, 3.8) is 0 Å². The van der Waals surface area contributed by atoms with Gasteiger partial charge in [0.1, 0.15) is 29.5 Å². The standard InChI is InChI=1S/C39H50F3N5O10S/c1-7-28-30(44-35(51)57-36(3,4)39(40,41)42)33(49)47-21-24(56-32-26-15-11-10-14-25(26)29(54-6)20-43-32)18-27(47)31(48)45-38(19-23(38)13-9-8-12-22(2)55-28)34(50)46-58(52,53)37(5)16-17-37/h9-11,13-15,20,22-24,27-28,30H,7-8,12,16-19,21H2,1-6H3,(H,44,51)(H,45,48)(H,46,50). The Labute approximate surface area is 334 Å². The van der Waals surface area contributed by atoms with Gasteiger partial charge in [-0.15, -0.1) is 0 Å². The maximum Gasteiger partial charge on any atom is 0.427 e. The topological polar surface area (TPSA) is 192 Å². The van der Waals surface area contributed by atoms with Crippen LogP contribution < -0.4 is 24.8 Å². The lowest BCUT2D eigenvalue weighted by Crippen LogP contribution is -2.61. The Bertz CT molecular complexity index is 2080. The molecule has 7 atom stereocenters. The van der Waals surface area contributed by atoms with Crippen LogP contribution in [-0.4, -0.2) is 108 Å². The van der Waals surface area contributed by atoms with Crippen LogP contribution in [0.2, 0.25) is 0 Å². The van der Waals surface area contributed by atoms with Crippen LogP contribution in [0.25, 0.3) is 10.8 Å². The van der Waals surface area contributed by atoms with Gasteiger partial charge in [0.25, 0.3) is 5.91 Å². The highest BCUT2D eigenvalue weighted by molar-refractivity contribution is 7.91. The number of methoxy groups -OCH3 is 1. The van der Waals surface area contributed by atoms with Gasteiger partial charge in [0, 0.05) is 23.1 Å². The summed E-state index contributed by atoms with van der Waals surface area (Å²) in [5, 5.41) is 6.32. The van der Waals surface area contributed by atoms with Crippen LogP contribution in [0, 0.1) is 5.92 Å². The summed E-state index contributed by atoms with van der Waals surface area (Å²) in [4.78, 5) is 61.9. The number of amides is 4. The highest BCUT2D eigenvalue weighted by atomic mass is 32.2. The van der Waals surface area contributed by atoms with Crippen molar-refractivity contribution in [2.24, 2.45) is 5.92 Å². The van der Waals surface area contributed by atoms with Crippen LogP contribution in [0.3, 0.4) is 0 Å². The van der Waals surface area contributed by atoms with E-state index in [9.17, 15) is 40.8 Å². The minimum atomic E-state index is -4.94. The fourth-order valence-electron chi connectivity index (χ4n) is 7.30. The van der Waals surface area contributed by atoms with Gasteiger partial charge in [-0.2, -0.15) is 13.2 Å². The molecule has 4 aliphatic rings. The van der Waals surface area contributed by atoms with Crippen LogP contribution in [0.1, 0.15) is 79.6 Å². The lowest BCUT2D eigenvalue weighted by atomic mass is 10.0. The number of benzene rings is 1. The average Bonchev–Trinajstić information content (AvgIpc) is 4.04. The number of halogens is 3. The molecule has 3 N–H and O–H groups in total. The Hall–Kier alpha value is -4.65. The van der Waals surface area contributed by atoms with Crippen LogP contribution in [0.4, 0.5) is 18.0 Å². The van der Waals surface area contributed by atoms with E-state index >= 15 is 0 Å². The van der Waals surface area contributed by atoms with Crippen LogP contribution in [0.5, 0.6) is 11.6 Å². The third-order valence-corrected chi connectivity index (χ3v) is 13.7. The summed E-state index contributed by atoms with van der Waals surface area (Å²) in [6.07, 6.45) is -2.43. The number of carbonyl (C=O) groups excluding carboxylic acids is 4. The second kappa shape index (κ2) is 15.8. The predicted octanol–water partition coefficient (Wildman–Crippen LogP) is 4.43. The molecular formula is C39H50F3N5O10S. The molecule has 318 valence electrons. The largest absolute Gasteiger partial charge is 0.494 e. The summed E-state index contributed by atoms with van der Waals surface area (Å²) in [6, 6.07) is 4.10. The molecule has 2 aliphatic carbocycles. The number of sulfonamides is 1. The first-order valence-corrected chi connectivity index (χ1v) is 20.8. The predicted molar refractivity (Wildman–Crippen MR) is 203 cm³/mol. The number of alkyl halides is 3. The Kier molecular flexibility index (Phi) is 11.7. The minimum Gasteiger partial charge on any atom is -0.494 e. The molecule has 0 spiro atoms. The first-order chi connectivity index (χ1) is 27.1. The lowest BCUT2D eigenvalue weighted by Gasteiger charge is -2.35. The van der Waals surface area contributed by atoms with E-state index in [-0.39, 0.29) is 31.7 Å². The first-order valence-electron chi connectivity index (χ1n) is 19.3. The highest BCUT2D eigenvalue weighted by Crippen LogP contribution is 2.47. The molecule has 0 radical (unpaired) electrons. The molecule has 1 aromatic heterocycles. The van der Waals surface area contributed by atoms with Crippen molar-refractivity contribution >= 4 is 44.6 Å². The summed E-state index contributed by atoms with van der Waals surface area (Å²) >= 11 is 0. The van der Waals surface area contributed by atoms with Crippen LogP contribution in [0.15, 0.2) is 42.6 Å². The monoisotopic (exact) mass is 837 g/mol. The number of hydrogen-bond donors (Lipinski definition) is 3. The van der Waals surface area contributed by atoms with Gasteiger partial charge in [-0.05, 0) is 72.3 Å². The van der Waals surface area contributed by atoms with E-state index in [1.54, 1.807) is 50.3 Å². The van der Waals surface area contributed by atoms with Crippen molar-refractivity contribution in [1.82, 2.24) is 25.2 Å². The molecule has 2 aromatic rings. The molecule has 6 rings (SSSR count). The van der Waals surface area contributed by atoms with E-state index in [0.29, 0.717) is 56.1 Å². The van der Waals surface area contributed by atoms with Gasteiger partial charge in [0.05, 0.1) is 36.8 Å². The number of pyridine rings is 1. The maximum atomic E-state index is 14.8. The minimum absolute atomic E-state index is 0.0740. The van der Waals surface area contributed by atoms with E-state index < -0.39 is 92.2 Å². The van der Waals surface area contributed by atoms with Crippen molar-refractivity contribution < 1.29 is 59.7 Å². The molecule has 0 bridgehead atoms. The number of hydrogen-bond acceptors (Lipinski definition) is 11. The number of allylic oxidation sites excluding steroid dienone is 1. The lowest BCUT2D eigenvalue weighted by molar-refractivity contribution is -0.244. The second-order valence-corrected chi connectivity index (χ2v) is 18.4. The van der Waals surface area contributed by atoms with E-state index in [1.807, 2.05) is 0 Å². The smallest absolute Gasteiger partial charge is 0.427 e. The summed E-state index contributed by atoms with van der Waals surface area (Å²) < 4.78 is 91.6. The normalized spacial score (nSPS) is 28.9. The van der Waals surface area contributed by atoms with E-state index in [4.69, 9.17) is 18.9 Å². The molecule has 15 nitrogen and oxygen atoms in total. The molecule has 1 aromatic carbocycles. The number of nitrogens with zero attached hydrogens (tertiary/aromatic N) is 2. The zero-order valence-electron chi connectivity index (χ0n) is 33.2. The highest BCUT2D eigenvalue weighted by Gasteiger charge is 2.63. The number of carbonyl (C=O) groups is 4. The summed E-state index contributed by atoms with van der Waals surface area (Å²) in [6.45, 7) is 6.01. The molecule has 2 saturated carbocycles. The second-order valence-electron chi connectivity index (χ2n) is 16.2. The van der Waals surface area contributed by atoms with Crippen molar-refractivity contribution in [2.75, 3.05) is 13.7 Å². The van der Waals surface area contributed by atoms with Crippen molar-refractivity contribution in [1.29, 1.82) is 0 Å². The number of rotatable bonds is 9. The zero-order chi connectivity index (χ0) is 42.4. The van der Waals surface area contributed by atoms with Crippen LogP contribution in [-0.2, 0) is 33.9 Å². The molecule has 19 heteroatoms. The molecule has 3 fully saturated rings. The van der Waals surface area contributed by atoms with Gasteiger partial charge >= 0.3 is 12.3 Å². The molecule has 3 heterocycles. The summed E-state index contributed by atoms with van der Waals surface area (Å²) in [5.74, 6) is -2.57. The Balaban J connectivity index is 1.37. The van der Waals surface area contributed by atoms with E-state index in [0.717, 1.165) is 4.90 Å². The SMILES string of the molecule is CCC1OC(C)CCC=CC2CC2(C(=O)NS(=O)(=O)C2(C)CC2)NC(=O)C2CC(Oc3ncc(OC)c4ccccc34)CN2C(=O)C1NC(=O)OC(C)(C)C(F)(F)F. The average molecular weight is 838 g/mol. The van der Waals surface area contributed by atoms with Gasteiger partial charge in [0.15, 0.2) is 0 Å². The third-order valence-electron chi connectivity index (χ3n) is 11.5. The summed E-state index contributed by atoms with van der Waals surface area (Å²) in [7, 11) is -2.60.